The van der Waals surface area contributed by atoms with E-state index in [9.17, 15) is 19.2 Å². The van der Waals surface area contributed by atoms with Crippen molar-refractivity contribution >= 4 is 46.9 Å². The molecule has 0 spiro atoms. The Labute approximate surface area is 242 Å². The Hall–Kier alpha value is -3.57. The first-order valence-corrected chi connectivity index (χ1v) is 14.8. The second-order valence-corrected chi connectivity index (χ2v) is 12.4. The van der Waals surface area contributed by atoms with Gasteiger partial charge in [0, 0.05) is 57.9 Å². The minimum absolute atomic E-state index is 0.113. The maximum Gasteiger partial charge on any atom is 0.262 e. The topological polar surface area (TPSA) is 119 Å². The molecule has 7 rings (SSSR count). The summed E-state index contributed by atoms with van der Waals surface area (Å²) >= 11 is 5.91. The van der Waals surface area contributed by atoms with Crippen LogP contribution < -0.4 is 15.1 Å². The van der Waals surface area contributed by atoms with Gasteiger partial charge in [0.05, 0.1) is 28.5 Å². The monoisotopic (exact) mass is 577 g/mol. The number of imide groups is 2. The molecular formula is C29H32ClN7O4. The van der Waals surface area contributed by atoms with E-state index in [0.717, 1.165) is 75.2 Å². The zero-order chi connectivity index (χ0) is 28.2. The van der Waals surface area contributed by atoms with Gasteiger partial charge in [-0.2, -0.15) is 0 Å². The van der Waals surface area contributed by atoms with Crippen molar-refractivity contribution in [3.05, 3.63) is 46.7 Å². The van der Waals surface area contributed by atoms with Gasteiger partial charge in [-0.3, -0.25) is 29.4 Å². The van der Waals surface area contributed by atoms with E-state index in [4.69, 9.17) is 11.6 Å². The van der Waals surface area contributed by atoms with Crippen LogP contribution >= 0.6 is 11.6 Å². The number of nitrogens with one attached hydrogen (secondary N) is 1. The molecule has 4 saturated heterocycles. The fourth-order valence-corrected chi connectivity index (χ4v) is 6.98. The quantitative estimate of drug-likeness (QED) is 0.513. The van der Waals surface area contributed by atoms with E-state index >= 15 is 0 Å². The van der Waals surface area contributed by atoms with Crippen LogP contribution in [0.1, 0.15) is 46.4 Å². The molecule has 1 aromatic heterocycles. The van der Waals surface area contributed by atoms with E-state index in [-0.39, 0.29) is 18.7 Å². The fourth-order valence-electron chi connectivity index (χ4n) is 6.88. The fraction of sp³-hybridized carbons (Fsp3) is 0.517. The number of piperidine rings is 2. The number of carbonyl (C=O) groups excluding carboxylic acids is 4. The third-order valence-corrected chi connectivity index (χ3v) is 9.57. The van der Waals surface area contributed by atoms with E-state index in [0.29, 0.717) is 33.9 Å². The molecule has 2 aromatic rings. The number of fused-ring (bicyclic) bond motifs is 1. The average Bonchev–Trinajstić information content (AvgIpc) is 3.16. The molecular weight excluding hydrogens is 546 g/mol. The van der Waals surface area contributed by atoms with E-state index in [1.54, 1.807) is 24.5 Å². The molecule has 4 fully saturated rings. The summed E-state index contributed by atoms with van der Waals surface area (Å²) in [6, 6.07) is 4.43. The van der Waals surface area contributed by atoms with Gasteiger partial charge in [-0.05, 0) is 55.2 Å². The Morgan fingerprint density at radius 2 is 1.54 bits per heavy atom. The van der Waals surface area contributed by atoms with Crippen LogP contribution in [0.4, 0.5) is 11.6 Å². The predicted molar refractivity (Wildman–Crippen MR) is 151 cm³/mol. The van der Waals surface area contributed by atoms with Crippen molar-refractivity contribution in [2.24, 2.45) is 17.8 Å². The smallest absolute Gasteiger partial charge is 0.262 e. The Kier molecular flexibility index (Phi) is 6.66. The molecule has 4 amide bonds. The Bertz CT molecular complexity index is 1400. The number of benzene rings is 1. The highest BCUT2D eigenvalue weighted by Crippen LogP contribution is 2.37. The van der Waals surface area contributed by atoms with Crippen molar-refractivity contribution in [2.45, 2.75) is 31.7 Å². The number of hydrogen-bond donors (Lipinski definition) is 1. The van der Waals surface area contributed by atoms with Crippen LogP contribution in [0.2, 0.25) is 5.02 Å². The van der Waals surface area contributed by atoms with Crippen LogP contribution in [0.5, 0.6) is 0 Å². The van der Waals surface area contributed by atoms with Crippen LogP contribution in [0.25, 0.3) is 0 Å². The molecule has 0 aliphatic carbocycles. The lowest BCUT2D eigenvalue weighted by atomic mass is 9.79. The van der Waals surface area contributed by atoms with Gasteiger partial charge in [0.25, 0.3) is 11.8 Å². The highest BCUT2D eigenvalue weighted by molar-refractivity contribution is 6.30. The molecule has 41 heavy (non-hydrogen) atoms. The summed E-state index contributed by atoms with van der Waals surface area (Å²) in [7, 11) is 0. The lowest BCUT2D eigenvalue weighted by Gasteiger charge is -2.52. The molecule has 1 unspecified atom stereocenters. The van der Waals surface area contributed by atoms with Gasteiger partial charge in [0.2, 0.25) is 17.8 Å². The van der Waals surface area contributed by atoms with Gasteiger partial charge in [0.15, 0.2) is 0 Å². The number of rotatable bonds is 6. The SMILES string of the molecule is O=C1CCC(N2C(=O)c3ccc(N4CC(C5CN(CC6CCN(c7ncc(Cl)cn7)CC6)C5)C4)cc3C2=O)C(=O)N1. The maximum absolute atomic E-state index is 13.1. The normalized spacial score (nSPS) is 24.4. The second-order valence-electron chi connectivity index (χ2n) is 12.0. The summed E-state index contributed by atoms with van der Waals surface area (Å²) in [4.78, 5) is 66.7. The molecule has 1 N–H and O–H groups in total. The summed E-state index contributed by atoms with van der Waals surface area (Å²) in [5, 5.41) is 2.80. The average molecular weight is 578 g/mol. The van der Waals surface area contributed by atoms with Crippen LogP contribution in [0.15, 0.2) is 30.6 Å². The highest BCUT2D eigenvalue weighted by atomic mass is 35.5. The molecule has 1 atom stereocenters. The largest absolute Gasteiger partial charge is 0.371 e. The third-order valence-electron chi connectivity index (χ3n) is 9.37. The van der Waals surface area contributed by atoms with Gasteiger partial charge in [-0.1, -0.05) is 11.6 Å². The summed E-state index contributed by atoms with van der Waals surface area (Å²) in [6.07, 6.45) is 5.87. The zero-order valence-corrected chi connectivity index (χ0v) is 23.4. The molecule has 1 aromatic carbocycles. The van der Waals surface area contributed by atoms with Crippen molar-refractivity contribution < 1.29 is 19.2 Å². The third kappa shape index (κ3) is 4.84. The number of anilines is 2. The van der Waals surface area contributed by atoms with Gasteiger partial charge < -0.3 is 14.7 Å². The van der Waals surface area contributed by atoms with Crippen molar-refractivity contribution in [3.8, 4) is 0 Å². The number of likely N-dealkylation sites (tertiary alicyclic amines) is 1. The molecule has 0 bridgehead atoms. The van der Waals surface area contributed by atoms with Crippen molar-refractivity contribution in [1.29, 1.82) is 0 Å². The summed E-state index contributed by atoms with van der Waals surface area (Å²) in [5.41, 5.74) is 1.59. The summed E-state index contributed by atoms with van der Waals surface area (Å²) < 4.78 is 0. The maximum atomic E-state index is 13.1. The van der Waals surface area contributed by atoms with E-state index < -0.39 is 23.8 Å². The van der Waals surface area contributed by atoms with Crippen LogP contribution in [0, 0.1) is 17.8 Å². The Balaban J connectivity index is 0.878. The first kappa shape index (κ1) is 26.3. The van der Waals surface area contributed by atoms with Crippen molar-refractivity contribution in [3.63, 3.8) is 0 Å². The number of nitrogens with zero attached hydrogens (tertiary/aromatic N) is 6. The summed E-state index contributed by atoms with van der Waals surface area (Å²) in [6.45, 7) is 7.25. The lowest BCUT2D eigenvalue weighted by Crippen LogP contribution is -2.60. The lowest BCUT2D eigenvalue weighted by molar-refractivity contribution is -0.136. The number of aromatic nitrogens is 2. The Morgan fingerprint density at radius 3 is 2.24 bits per heavy atom. The van der Waals surface area contributed by atoms with Crippen LogP contribution in [0.3, 0.4) is 0 Å². The van der Waals surface area contributed by atoms with Crippen molar-refractivity contribution in [1.82, 2.24) is 25.1 Å². The molecule has 0 radical (unpaired) electrons. The number of halogens is 1. The molecule has 6 heterocycles. The molecule has 12 heteroatoms. The molecule has 0 saturated carbocycles. The molecule has 11 nitrogen and oxygen atoms in total. The second kappa shape index (κ2) is 10.4. The minimum atomic E-state index is -0.941. The number of amides is 4. The highest BCUT2D eigenvalue weighted by Gasteiger charge is 2.46. The Morgan fingerprint density at radius 1 is 0.854 bits per heavy atom. The van der Waals surface area contributed by atoms with Gasteiger partial charge in [-0.25, -0.2) is 9.97 Å². The first-order valence-electron chi connectivity index (χ1n) is 14.4. The standard InChI is InChI=1S/C29H32ClN7O4/c30-20-10-31-29(32-11-20)35-7-5-17(6-8-35)12-34-13-18(14-34)19-15-36(16-19)21-1-2-22-23(9-21)28(41)37(27(22)40)24-3-4-25(38)33-26(24)39/h1-2,9-11,17-19,24H,3-8,12-16H2,(H,33,38,39). The van der Waals surface area contributed by atoms with E-state index in [2.05, 4.69) is 30.0 Å². The summed E-state index contributed by atoms with van der Waals surface area (Å²) in [5.74, 6) is 0.884. The van der Waals surface area contributed by atoms with Crippen molar-refractivity contribution in [2.75, 3.05) is 55.6 Å². The first-order chi connectivity index (χ1) is 19.8. The number of carbonyl (C=O) groups is 4. The van der Waals surface area contributed by atoms with Gasteiger partial charge in [0.1, 0.15) is 6.04 Å². The molecule has 5 aliphatic heterocycles. The van der Waals surface area contributed by atoms with Crippen LogP contribution in [-0.2, 0) is 9.59 Å². The van der Waals surface area contributed by atoms with Crippen LogP contribution in [-0.4, -0.2) is 95.3 Å². The predicted octanol–water partition coefficient (Wildman–Crippen LogP) is 1.82. The minimum Gasteiger partial charge on any atom is -0.371 e. The van der Waals surface area contributed by atoms with E-state index in [1.165, 1.54) is 0 Å². The zero-order valence-electron chi connectivity index (χ0n) is 22.7. The van der Waals surface area contributed by atoms with Gasteiger partial charge >= 0.3 is 0 Å². The van der Waals surface area contributed by atoms with Gasteiger partial charge in [-0.15, -0.1) is 0 Å². The molecule has 214 valence electrons. The number of hydrogen-bond acceptors (Lipinski definition) is 9. The molecule has 5 aliphatic rings. The van der Waals surface area contributed by atoms with E-state index in [1.807, 2.05) is 6.07 Å².